The van der Waals surface area contributed by atoms with E-state index in [1.54, 1.807) is 0 Å². The summed E-state index contributed by atoms with van der Waals surface area (Å²) in [5, 5.41) is 0.807. The number of benzene rings is 1. The molecule has 1 heterocycles. The fourth-order valence-corrected chi connectivity index (χ4v) is 3.12. The van der Waals surface area contributed by atoms with Gasteiger partial charge < -0.3 is 9.64 Å². The van der Waals surface area contributed by atoms with Gasteiger partial charge in [0, 0.05) is 30.8 Å². The molecule has 0 radical (unpaired) electrons. The third kappa shape index (κ3) is 6.37. The summed E-state index contributed by atoms with van der Waals surface area (Å²) < 4.78 is 5.75. The normalized spacial score (nSPS) is 19.8. The standard InChI is InChI=1S/C18H28ClNO/c1-16-6-2-3-12-20(16)13-5-15-21-14-4-7-17-8-10-18(19)11-9-17/h8-11,16H,2-7,12-15H2,1H3. The van der Waals surface area contributed by atoms with E-state index in [0.29, 0.717) is 0 Å². The van der Waals surface area contributed by atoms with Crippen molar-refractivity contribution in [3.63, 3.8) is 0 Å². The van der Waals surface area contributed by atoms with Crippen LogP contribution in [0.25, 0.3) is 0 Å². The fraction of sp³-hybridized carbons (Fsp3) is 0.667. The predicted octanol–water partition coefficient (Wildman–Crippen LogP) is 4.55. The molecule has 0 N–H and O–H groups in total. The van der Waals surface area contributed by atoms with Crippen molar-refractivity contribution >= 4 is 11.6 Å². The fourth-order valence-electron chi connectivity index (χ4n) is 2.99. The van der Waals surface area contributed by atoms with Crippen molar-refractivity contribution in [2.24, 2.45) is 0 Å². The quantitative estimate of drug-likeness (QED) is 0.653. The van der Waals surface area contributed by atoms with Gasteiger partial charge in [0.15, 0.2) is 0 Å². The van der Waals surface area contributed by atoms with Crippen molar-refractivity contribution in [3.8, 4) is 0 Å². The summed E-state index contributed by atoms with van der Waals surface area (Å²) in [6.45, 7) is 6.57. The van der Waals surface area contributed by atoms with Gasteiger partial charge in [-0.3, -0.25) is 0 Å². The third-order valence-corrected chi connectivity index (χ3v) is 4.59. The van der Waals surface area contributed by atoms with Crippen LogP contribution < -0.4 is 0 Å². The molecule has 3 heteroatoms. The molecule has 1 aliphatic rings. The molecule has 0 amide bonds. The monoisotopic (exact) mass is 309 g/mol. The number of likely N-dealkylation sites (tertiary alicyclic amines) is 1. The molecule has 21 heavy (non-hydrogen) atoms. The molecule has 1 aliphatic heterocycles. The first-order valence-electron chi connectivity index (χ1n) is 8.32. The van der Waals surface area contributed by atoms with Crippen molar-refractivity contribution in [1.29, 1.82) is 0 Å². The van der Waals surface area contributed by atoms with Gasteiger partial charge in [-0.1, -0.05) is 30.2 Å². The molecular weight excluding hydrogens is 282 g/mol. The number of halogens is 1. The summed E-state index contributed by atoms with van der Waals surface area (Å²) >= 11 is 5.88. The van der Waals surface area contributed by atoms with Gasteiger partial charge in [0.05, 0.1) is 0 Å². The van der Waals surface area contributed by atoms with Gasteiger partial charge in [0.25, 0.3) is 0 Å². The number of rotatable bonds is 8. The molecule has 1 atom stereocenters. The molecule has 1 aromatic rings. The highest BCUT2D eigenvalue weighted by Gasteiger charge is 2.16. The van der Waals surface area contributed by atoms with E-state index in [2.05, 4.69) is 24.0 Å². The molecule has 0 aliphatic carbocycles. The summed E-state index contributed by atoms with van der Waals surface area (Å²) in [7, 11) is 0. The predicted molar refractivity (Wildman–Crippen MR) is 90.1 cm³/mol. The van der Waals surface area contributed by atoms with Crippen molar-refractivity contribution in [2.45, 2.75) is 51.5 Å². The molecule has 1 fully saturated rings. The second-order valence-corrected chi connectivity index (χ2v) is 6.51. The van der Waals surface area contributed by atoms with Gasteiger partial charge in [0.2, 0.25) is 0 Å². The first-order chi connectivity index (χ1) is 10.3. The van der Waals surface area contributed by atoms with Gasteiger partial charge in [-0.15, -0.1) is 0 Å². The van der Waals surface area contributed by atoms with Crippen molar-refractivity contribution in [3.05, 3.63) is 34.9 Å². The molecule has 2 rings (SSSR count). The van der Waals surface area contributed by atoms with Gasteiger partial charge >= 0.3 is 0 Å². The van der Waals surface area contributed by atoms with Crippen LogP contribution >= 0.6 is 11.6 Å². The van der Waals surface area contributed by atoms with E-state index in [4.69, 9.17) is 16.3 Å². The Morgan fingerprint density at radius 2 is 1.90 bits per heavy atom. The summed E-state index contributed by atoms with van der Waals surface area (Å²) in [5.74, 6) is 0. The van der Waals surface area contributed by atoms with Crippen molar-refractivity contribution in [2.75, 3.05) is 26.3 Å². The smallest absolute Gasteiger partial charge is 0.0478 e. The van der Waals surface area contributed by atoms with Gasteiger partial charge in [-0.05, 0) is 63.3 Å². The minimum absolute atomic E-state index is 0.767. The summed E-state index contributed by atoms with van der Waals surface area (Å²) in [4.78, 5) is 2.61. The van der Waals surface area contributed by atoms with Gasteiger partial charge in [0.1, 0.15) is 0 Å². The maximum Gasteiger partial charge on any atom is 0.0478 e. The third-order valence-electron chi connectivity index (χ3n) is 4.34. The molecule has 1 aromatic carbocycles. The highest BCUT2D eigenvalue weighted by molar-refractivity contribution is 6.30. The van der Waals surface area contributed by atoms with Crippen LogP contribution in [0, 0.1) is 0 Å². The number of nitrogens with zero attached hydrogens (tertiary/aromatic N) is 1. The number of ether oxygens (including phenoxy) is 1. The lowest BCUT2D eigenvalue weighted by molar-refractivity contribution is 0.102. The van der Waals surface area contributed by atoms with Gasteiger partial charge in [-0.2, -0.15) is 0 Å². The molecule has 0 saturated carbocycles. The van der Waals surface area contributed by atoms with Crippen LogP contribution in [0.2, 0.25) is 5.02 Å². The second kappa shape index (κ2) is 9.45. The number of piperidine rings is 1. The lowest BCUT2D eigenvalue weighted by atomic mass is 10.0. The summed E-state index contributed by atoms with van der Waals surface area (Å²) in [6.07, 6.45) is 7.44. The highest BCUT2D eigenvalue weighted by Crippen LogP contribution is 2.16. The average molecular weight is 310 g/mol. The van der Waals surface area contributed by atoms with Crippen LogP contribution in [-0.2, 0) is 11.2 Å². The van der Waals surface area contributed by atoms with E-state index in [-0.39, 0.29) is 0 Å². The van der Waals surface area contributed by atoms with Crippen LogP contribution in [0.4, 0.5) is 0 Å². The second-order valence-electron chi connectivity index (χ2n) is 6.08. The number of aryl methyl sites for hydroxylation is 1. The van der Waals surface area contributed by atoms with Crippen LogP contribution in [0.5, 0.6) is 0 Å². The SMILES string of the molecule is CC1CCCCN1CCCOCCCc1ccc(Cl)cc1. The lowest BCUT2D eigenvalue weighted by Gasteiger charge is -2.33. The lowest BCUT2D eigenvalue weighted by Crippen LogP contribution is -2.38. The Hall–Kier alpha value is -0.570. The number of hydrogen-bond donors (Lipinski definition) is 0. The van der Waals surface area contributed by atoms with Crippen LogP contribution in [-0.4, -0.2) is 37.2 Å². The minimum atomic E-state index is 0.767. The Kier molecular flexibility index (Phi) is 7.56. The van der Waals surface area contributed by atoms with E-state index in [9.17, 15) is 0 Å². The molecule has 1 saturated heterocycles. The van der Waals surface area contributed by atoms with Crippen LogP contribution in [0.15, 0.2) is 24.3 Å². The van der Waals surface area contributed by atoms with Gasteiger partial charge in [-0.25, -0.2) is 0 Å². The Balaban J connectivity index is 1.47. The summed E-state index contributed by atoms with van der Waals surface area (Å²) in [5.41, 5.74) is 1.34. The van der Waals surface area contributed by atoms with E-state index in [1.807, 2.05) is 12.1 Å². The zero-order valence-electron chi connectivity index (χ0n) is 13.2. The zero-order valence-corrected chi connectivity index (χ0v) is 13.9. The maximum absolute atomic E-state index is 5.88. The molecule has 0 bridgehead atoms. The van der Waals surface area contributed by atoms with E-state index in [0.717, 1.165) is 43.5 Å². The van der Waals surface area contributed by atoms with E-state index in [1.165, 1.54) is 37.9 Å². The molecular formula is C18H28ClNO. The first-order valence-corrected chi connectivity index (χ1v) is 8.70. The Morgan fingerprint density at radius 3 is 2.67 bits per heavy atom. The van der Waals surface area contributed by atoms with Crippen molar-refractivity contribution < 1.29 is 4.74 Å². The number of hydrogen-bond acceptors (Lipinski definition) is 2. The Labute approximate surface area is 134 Å². The van der Waals surface area contributed by atoms with E-state index < -0.39 is 0 Å². The first kappa shape index (κ1) is 16.8. The molecule has 2 nitrogen and oxygen atoms in total. The Bertz CT molecular complexity index is 393. The van der Waals surface area contributed by atoms with E-state index >= 15 is 0 Å². The topological polar surface area (TPSA) is 12.5 Å². The summed E-state index contributed by atoms with van der Waals surface area (Å²) in [6, 6.07) is 8.87. The van der Waals surface area contributed by atoms with Crippen molar-refractivity contribution in [1.82, 2.24) is 4.90 Å². The maximum atomic E-state index is 5.88. The highest BCUT2D eigenvalue weighted by atomic mass is 35.5. The average Bonchev–Trinajstić information content (AvgIpc) is 2.50. The molecule has 0 aromatic heterocycles. The molecule has 118 valence electrons. The largest absolute Gasteiger partial charge is 0.381 e. The Morgan fingerprint density at radius 1 is 1.14 bits per heavy atom. The molecule has 0 spiro atoms. The van der Waals surface area contributed by atoms with Crippen LogP contribution in [0.1, 0.15) is 44.6 Å². The van der Waals surface area contributed by atoms with Crippen LogP contribution in [0.3, 0.4) is 0 Å². The zero-order chi connectivity index (χ0) is 14.9. The molecule has 1 unspecified atom stereocenters. The minimum Gasteiger partial charge on any atom is -0.381 e.